The number of terminal acetylenes is 1. The molecule has 0 bridgehead atoms. The van der Waals surface area contributed by atoms with Crippen LogP contribution in [0.1, 0.15) is 17.6 Å². The lowest BCUT2D eigenvalue weighted by Crippen LogP contribution is -2.25. The highest BCUT2D eigenvalue weighted by Crippen LogP contribution is 2.16. The van der Waals surface area contributed by atoms with Gasteiger partial charge in [0, 0.05) is 18.0 Å². The molecule has 86 valence electrons. The minimum atomic E-state index is -1.04. The summed E-state index contributed by atoms with van der Waals surface area (Å²) in [5, 5.41) is 10.7. The lowest BCUT2D eigenvalue weighted by Gasteiger charge is -2.09. The quantitative estimate of drug-likeness (QED) is 0.815. The van der Waals surface area contributed by atoms with E-state index < -0.39 is 6.10 Å². The zero-order valence-electron chi connectivity index (χ0n) is 9.34. The van der Waals surface area contributed by atoms with Gasteiger partial charge in [-0.2, -0.15) is 0 Å². The monoisotopic (exact) mass is 227 g/mol. The predicted molar refractivity (Wildman–Crippen MR) is 66.6 cm³/mol. The van der Waals surface area contributed by atoms with Crippen LogP contribution in [-0.4, -0.2) is 21.7 Å². The molecule has 1 unspecified atom stereocenters. The third-order valence-electron chi connectivity index (χ3n) is 2.68. The van der Waals surface area contributed by atoms with Crippen LogP contribution in [0.2, 0.25) is 0 Å². The fraction of sp³-hybridized carbons (Fsp3) is 0.214. The number of hydrogen-bond acceptors (Lipinski definition) is 2. The molecule has 1 aromatic heterocycles. The molecule has 0 fully saturated rings. The molecule has 1 N–H and O–H groups in total. The molecule has 2 aromatic rings. The van der Waals surface area contributed by atoms with Crippen LogP contribution in [-0.2, 0) is 0 Å². The lowest BCUT2D eigenvalue weighted by atomic mass is 10.2. The maximum atomic E-state index is 12.0. The van der Waals surface area contributed by atoms with Crippen molar-refractivity contribution >= 4 is 16.8 Å². The molecular formula is C14H13NO2. The van der Waals surface area contributed by atoms with Gasteiger partial charge in [-0.25, -0.2) is 0 Å². The topological polar surface area (TPSA) is 42.2 Å². The number of para-hydroxylation sites is 1. The molecular weight excluding hydrogens is 214 g/mol. The number of fused-ring (bicyclic) bond motifs is 1. The van der Waals surface area contributed by atoms with Gasteiger partial charge in [-0.1, -0.05) is 18.2 Å². The van der Waals surface area contributed by atoms with Crippen molar-refractivity contribution in [3.63, 3.8) is 0 Å². The van der Waals surface area contributed by atoms with E-state index >= 15 is 0 Å². The van der Waals surface area contributed by atoms with E-state index in [-0.39, 0.29) is 5.91 Å². The first-order valence-electron chi connectivity index (χ1n) is 5.46. The average molecular weight is 227 g/mol. The predicted octanol–water partition coefficient (Wildman–Crippen LogP) is 2.06. The van der Waals surface area contributed by atoms with E-state index in [1.807, 2.05) is 30.3 Å². The molecule has 0 amide bonds. The molecule has 2 rings (SSSR count). The van der Waals surface area contributed by atoms with Gasteiger partial charge in [-0.3, -0.25) is 9.36 Å². The van der Waals surface area contributed by atoms with E-state index in [1.165, 1.54) is 4.57 Å². The zero-order chi connectivity index (χ0) is 12.3. The highest BCUT2D eigenvalue weighted by molar-refractivity contribution is 5.94. The van der Waals surface area contributed by atoms with E-state index in [9.17, 15) is 9.90 Å². The number of hydrogen-bond donors (Lipinski definition) is 1. The number of aliphatic hydroxyl groups is 1. The van der Waals surface area contributed by atoms with Crippen molar-refractivity contribution in [1.29, 1.82) is 0 Å². The Labute approximate surface area is 99.7 Å². The minimum absolute atomic E-state index is 0.293. The summed E-state index contributed by atoms with van der Waals surface area (Å²) in [6.07, 6.45) is 6.43. The maximum Gasteiger partial charge on any atom is 0.259 e. The Morgan fingerprint density at radius 1 is 1.41 bits per heavy atom. The number of benzene rings is 1. The number of aromatic nitrogens is 1. The second-order valence-electron chi connectivity index (χ2n) is 3.84. The maximum absolute atomic E-state index is 12.0. The normalized spacial score (nSPS) is 12.2. The Morgan fingerprint density at radius 3 is 2.94 bits per heavy atom. The number of nitrogens with zero attached hydrogens (tertiary/aromatic N) is 1. The third kappa shape index (κ3) is 2.22. The van der Waals surface area contributed by atoms with Crippen molar-refractivity contribution in [1.82, 2.24) is 4.57 Å². The van der Waals surface area contributed by atoms with Gasteiger partial charge < -0.3 is 5.11 Å². The standard InChI is InChI=1S/C14H13NO2/c1-2-3-8-13(16)14(17)15-10-9-11-6-4-5-7-12(11)15/h1,4-7,9-10,13,16H,3,8H2. The van der Waals surface area contributed by atoms with Gasteiger partial charge in [0.1, 0.15) is 6.10 Å². The van der Waals surface area contributed by atoms with Gasteiger partial charge in [0.25, 0.3) is 5.91 Å². The van der Waals surface area contributed by atoms with Crippen molar-refractivity contribution in [2.45, 2.75) is 18.9 Å². The van der Waals surface area contributed by atoms with E-state index in [4.69, 9.17) is 6.42 Å². The van der Waals surface area contributed by atoms with Gasteiger partial charge in [-0.15, -0.1) is 12.3 Å². The summed E-state index contributed by atoms with van der Waals surface area (Å²) in [4.78, 5) is 12.0. The summed E-state index contributed by atoms with van der Waals surface area (Å²) >= 11 is 0. The average Bonchev–Trinajstić information content (AvgIpc) is 2.78. The van der Waals surface area contributed by atoms with Crippen molar-refractivity contribution in [3.05, 3.63) is 36.5 Å². The summed E-state index contributed by atoms with van der Waals surface area (Å²) in [6.45, 7) is 0. The Balaban J connectivity index is 2.28. The zero-order valence-corrected chi connectivity index (χ0v) is 9.34. The van der Waals surface area contributed by atoms with Crippen LogP contribution in [0.3, 0.4) is 0 Å². The van der Waals surface area contributed by atoms with Crippen molar-refractivity contribution in [2.24, 2.45) is 0 Å². The first-order chi connectivity index (χ1) is 8.24. The molecule has 0 saturated carbocycles. The lowest BCUT2D eigenvalue weighted by molar-refractivity contribution is 0.0647. The van der Waals surface area contributed by atoms with Crippen LogP contribution >= 0.6 is 0 Å². The van der Waals surface area contributed by atoms with E-state index in [2.05, 4.69) is 5.92 Å². The first-order valence-corrected chi connectivity index (χ1v) is 5.46. The minimum Gasteiger partial charge on any atom is -0.383 e. The van der Waals surface area contributed by atoms with Gasteiger partial charge in [0.05, 0.1) is 5.52 Å². The molecule has 17 heavy (non-hydrogen) atoms. The van der Waals surface area contributed by atoms with Crippen molar-refractivity contribution in [2.75, 3.05) is 0 Å². The Morgan fingerprint density at radius 2 is 2.18 bits per heavy atom. The number of aliphatic hydroxyl groups excluding tert-OH is 1. The molecule has 1 atom stereocenters. The van der Waals surface area contributed by atoms with Crippen LogP contribution in [0.5, 0.6) is 0 Å². The van der Waals surface area contributed by atoms with Crippen LogP contribution < -0.4 is 0 Å². The summed E-state index contributed by atoms with van der Waals surface area (Å²) in [6, 6.07) is 9.39. The van der Waals surface area contributed by atoms with Gasteiger partial charge >= 0.3 is 0 Å². The summed E-state index contributed by atoms with van der Waals surface area (Å²) in [5.74, 6) is 2.08. The summed E-state index contributed by atoms with van der Waals surface area (Å²) in [5.41, 5.74) is 0.803. The largest absolute Gasteiger partial charge is 0.383 e. The number of rotatable bonds is 3. The smallest absolute Gasteiger partial charge is 0.259 e. The summed E-state index contributed by atoms with van der Waals surface area (Å²) in [7, 11) is 0. The Bertz CT molecular complexity index is 577. The highest BCUT2D eigenvalue weighted by atomic mass is 16.3. The molecule has 1 heterocycles. The third-order valence-corrected chi connectivity index (χ3v) is 2.68. The Hall–Kier alpha value is -2.05. The molecule has 0 aliphatic rings. The van der Waals surface area contributed by atoms with Gasteiger partial charge in [0.15, 0.2) is 0 Å². The summed E-state index contributed by atoms with van der Waals surface area (Å²) < 4.78 is 1.47. The van der Waals surface area contributed by atoms with E-state index in [0.717, 1.165) is 10.9 Å². The van der Waals surface area contributed by atoms with E-state index in [0.29, 0.717) is 12.8 Å². The molecule has 3 nitrogen and oxygen atoms in total. The molecule has 0 saturated heterocycles. The number of carbonyl (C=O) groups excluding carboxylic acids is 1. The molecule has 0 radical (unpaired) electrons. The first kappa shape index (κ1) is 11.4. The SMILES string of the molecule is C#CCCC(O)C(=O)n1ccc2ccccc21. The van der Waals surface area contributed by atoms with Crippen LogP contribution in [0.4, 0.5) is 0 Å². The van der Waals surface area contributed by atoms with Gasteiger partial charge in [0.2, 0.25) is 0 Å². The Kier molecular flexibility index (Phi) is 3.27. The van der Waals surface area contributed by atoms with Gasteiger partial charge in [-0.05, 0) is 18.6 Å². The molecule has 1 aromatic carbocycles. The van der Waals surface area contributed by atoms with E-state index in [1.54, 1.807) is 6.20 Å². The fourth-order valence-corrected chi connectivity index (χ4v) is 1.78. The van der Waals surface area contributed by atoms with Crippen LogP contribution in [0.15, 0.2) is 36.5 Å². The second kappa shape index (κ2) is 4.86. The molecule has 3 heteroatoms. The van der Waals surface area contributed by atoms with Crippen LogP contribution in [0.25, 0.3) is 10.9 Å². The van der Waals surface area contributed by atoms with Crippen molar-refractivity contribution in [3.8, 4) is 12.3 Å². The molecule has 0 aliphatic carbocycles. The molecule has 0 aliphatic heterocycles. The second-order valence-corrected chi connectivity index (χ2v) is 3.84. The fourth-order valence-electron chi connectivity index (χ4n) is 1.78. The van der Waals surface area contributed by atoms with Crippen LogP contribution in [0, 0.1) is 12.3 Å². The molecule has 0 spiro atoms. The highest BCUT2D eigenvalue weighted by Gasteiger charge is 2.17. The number of carbonyl (C=O) groups is 1. The van der Waals surface area contributed by atoms with Crippen molar-refractivity contribution < 1.29 is 9.90 Å².